The Morgan fingerprint density at radius 2 is 1.67 bits per heavy atom. The van der Waals surface area contributed by atoms with E-state index in [4.69, 9.17) is 20.5 Å². The maximum absolute atomic E-state index is 8.66. The zero-order chi connectivity index (χ0) is 15.1. The number of hydrogen-bond donors (Lipinski definition) is 1. The highest BCUT2D eigenvalue weighted by Crippen LogP contribution is 2.23. The van der Waals surface area contributed by atoms with Crippen LogP contribution in [0.25, 0.3) is 0 Å². The third-order valence-electron chi connectivity index (χ3n) is 3.19. The van der Waals surface area contributed by atoms with Crippen LogP contribution < -0.4 is 15.2 Å². The van der Waals surface area contributed by atoms with Gasteiger partial charge in [0.15, 0.2) is 0 Å². The Morgan fingerprint density at radius 1 is 1.05 bits per heavy atom. The number of nitrogens with two attached hydrogens (primary N) is 1. The van der Waals surface area contributed by atoms with Gasteiger partial charge in [-0.3, -0.25) is 0 Å². The van der Waals surface area contributed by atoms with Gasteiger partial charge < -0.3 is 15.2 Å². The van der Waals surface area contributed by atoms with Gasteiger partial charge in [-0.2, -0.15) is 5.26 Å². The summed E-state index contributed by atoms with van der Waals surface area (Å²) in [5.74, 6) is 1.54. The van der Waals surface area contributed by atoms with Crippen molar-refractivity contribution in [3.63, 3.8) is 0 Å². The molecule has 21 heavy (non-hydrogen) atoms. The smallest absolute Gasteiger partial charge is 0.136 e. The first kappa shape index (κ1) is 14.9. The van der Waals surface area contributed by atoms with Gasteiger partial charge in [0.2, 0.25) is 0 Å². The van der Waals surface area contributed by atoms with E-state index >= 15 is 0 Å². The molecule has 0 saturated heterocycles. The second kappa shape index (κ2) is 7.32. The highest BCUT2D eigenvalue weighted by atomic mass is 16.5. The number of nitriles is 1. The molecule has 0 bridgehead atoms. The van der Waals surface area contributed by atoms with E-state index in [1.54, 1.807) is 7.11 Å². The van der Waals surface area contributed by atoms with Gasteiger partial charge in [-0.1, -0.05) is 24.3 Å². The molecular weight excluding hydrogens is 264 g/mol. The van der Waals surface area contributed by atoms with Crippen molar-refractivity contribution in [1.82, 2.24) is 0 Å². The Morgan fingerprint density at radius 3 is 2.19 bits per heavy atom. The minimum absolute atomic E-state index is 0.210. The van der Waals surface area contributed by atoms with Crippen molar-refractivity contribution in [3.8, 4) is 17.6 Å². The van der Waals surface area contributed by atoms with Crippen LogP contribution in [-0.4, -0.2) is 13.7 Å². The number of rotatable bonds is 6. The van der Waals surface area contributed by atoms with E-state index in [1.807, 2.05) is 48.5 Å². The first-order valence-corrected chi connectivity index (χ1v) is 6.73. The van der Waals surface area contributed by atoms with E-state index < -0.39 is 0 Å². The Labute approximate surface area is 124 Å². The number of hydrogen-bond acceptors (Lipinski definition) is 4. The number of ether oxygens (including phenoxy) is 2. The monoisotopic (exact) mass is 282 g/mol. The van der Waals surface area contributed by atoms with Gasteiger partial charge in [-0.25, -0.2) is 0 Å². The number of nitrogens with zero attached hydrogens (tertiary/aromatic N) is 1. The molecule has 0 saturated carbocycles. The van der Waals surface area contributed by atoms with E-state index in [-0.39, 0.29) is 6.10 Å². The fourth-order valence-electron chi connectivity index (χ4n) is 2.01. The Kier molecular flexibility index (Phi) is 5.19. The van der Waals surface area contributed by atoms with E-state index in [0.29, 0.717) is 13.0 Å². The second-order valence-electron chi connectivity index (χ2n) is 4.59. The van der Waals surface area contributed by atoms with Gasteiger partial charge in [0.25, 0.3) is 0 Å². The molecule has 2 aromatic rings. The molecule has 4 heteroatoms. The van der Waals surface area contributed by atoms with Crippen LogP contribution in [0.1, 0.15) is 17.2 Å². The van der Waals surface area contributed by atoms with Crippen LogP contribution in [0.15, 0.2) is 48.5 Å². The summed E-state index contributed by atoms with van der Waals surface area (Å²) in [7, 11) is 1.63. The number of benzene rings is 2. The van der Waals surface area contributed by atoms with Gasteiger partial charge >= 0.3 is 0 Å². The molecule has 2 rings (SSSR count). The van der Waals surface area contributed by atoms with Gasteiger partial charge in [0, 0.05) is 6.54 Å². The fourth-order valence-corrected chi connectivity index (χ4v) is 2.01. The Bertz CT molecular complexity index is 600. The molecule has 0 aromatic heterocycles. The Balaban J connectivity index is 2.09. The summed E-state index contributed by atoms with van der Waals surface area (Å²) in [4.78, 5) is 0. The fraction of sp³-hybridized carbons (Fsp3) is 0.235. The second-order valence-corrected chi connectivity index (χ2v) is 4.59. The average Bonchev–Trinajstić information content (AvgIpc) is 2.54. The summed E-state index contributed by atoms with van der Waals surface area (Å²) < 4.78 is 11.0. The molecule has 4 nitrogen and oxygen atoms in total. The predicted octanol–water partition coefficient (Wildman–Crippen LogP) is 2.84. The van der Waals surface area contributed by atoms with Crippen molar-refractivity contribution in [2.24, 2.45) is 5.73 Å². The maximum atomic E-state index is 8.66. The topological polar surface area (TPSA) is 68.3 Å². The largest absolute Gasteiger partial charge is 0.497 e. The summed E-state index contributed by atoms with van der Waals surface area (Å²) in [6.07, 6.45) is 0.191. The van der Waals surface area contributed by atoms with Crippen molar-refractivity contribution in [2.45, 2.75) is 12.5 Å². The standard InChI is InChI=1S/C17H18N2O2/c1-20-15-8-4-14(5-9-15)17(12-19)21-16-6-2-13(3-7-16)10-11-18/h2-9,17H,10,12,19H2,1H3. The van der Waals surface area contributed by atoms with E-state index in [1.165, 1.54) is 0 Å². The van der Waals surface area contributed by atoms with Gasteiger partial charge in [-0.05, 0) is 35.4 Å². The van der Waals surface area contributed by atoms with Crippen LogP contribution in [0.2, 0.25) is 0 Å². The van der Waals surface area contributed by atoms with Crippen molar-refractivity contribution in [1.29, 1.82) is 5.26 Å². The minimum atomic E-state index is -0.210. The third kappa shape index (κ3) is 3.98. The normalized spacial score (nSPS) is 11.5. The SMILES string of the molecule is COc1ccc(C(CN)Oc2ccc(CC#N)cc2)cc1. The summed E-state index contributed by atoms with van der Waals surface area (Å²) in [6, 6.07) is 17.3. The summed E-state index contributed by atoms with van der Waals surface area (Å²) in [6.45, 7) is 0.381. The predicted molar refractivity (Wildman–Crippen MR) is 81.2 cm³/mol. The van der Waals surface area contributed by atoms with E-state index in [2.05, 4.69) is 6.07 Å². The molecule has 0 radical (unpaired) electrons. The van der Waals surface area contributed by atoms with Crippen LogP contribution in [0.4, 0.5) is 0 Å². The molecule has 0 aliphatic rings. The zero-order valence-corrected chi connectivity index (χ0v) is 12.0. The van der Waals surface area contributed by atoms with Crippen LogP contribution in [0.3, 0.4) is 0 Å². The quantitative estimate of drug-likeness (QED) is 0.884. The highest BCUT2D eigenvalue weighted by molar-refractivity contribution is 5.32. The molecule has 0 amide bonds. The third-order valence-corrected chi connectivity index (χ3v) is 3.19. The molecule has 2 N–H and O–H groups in total. The lowest BCUT2D eigenvalue weighted by Crippen LogP contribution is -2.18. The molecular formula is C17H18N2O2. The molecule has 1 unspecified atom stereocenters. The van der Waals surface area contributed by atoms with Crippen molar-refractivity contribution in [2.75, 3.05) is 13.7 Å². The van der Waals surface area contributed by atoms with Crippen LogP contribution in [0, 0.1) is 11.3 Å². The molecule has 0 aliphatic carbocycles. The van der Waals surface area contributed by atoms with Crippen molar-refractivity contribution in [3.05, 3.63) is 59.7 Å². The first-order chi connectivity index (χ1) is 10.3. The molecule has 2 aromatic carbocycles. The molecule has 108 valence electrons. The maximum Gasteiger partial charge on any atom is 0.136 e. The van der Waals surface area contributed by atoms with Crippen LogP contribution >= 0.6 is 0 Å². The Hall–Kier alpha value is -2.51. The lowest BCUT2D eigenvalue weighted by molar-refractivity contribution is 0.214. The van der Waals surface area contributed by atoms with E-state index in [9.17, 15) is 0 Å². The van der Waals surface area contributed by atoms with Crippen LogP contribution in [-0.2, 0) is 6.42 Å². The summed E-state index contributed by atoms with van der Waals surface area (Å²) in [5, 5.41) is 8.66. The minimum Gasteiger partial charge on any atom is -0.497 e. The van der Waals surface area contributed by atoms with Crippen molar-refractivity contribution < 1.29 is 9.47 Å². The average molecular weight is 282 g/mol. The first-order valence-electron chi connectivity index (χ1n) is 6.73. The lowest BCUT2D eigenvalue weighted by atomic mass is 10.1. The van der Waals surface area contributed by atoms with Crippen molar-refractivity contribution >= 4 is 0 Å². The number of methoxy groups -OCH3 is 1. The molecule has 0 heterocycles. The summed E-state index contributed by atoms with van der Waals surface area (Å²) in [5.41, 5.74) is 7.77. The molecule has 0 spiro atoms. The molecule has 0 fully saturated rings. The molecule has 0 aliphatic heterocycles. The van der Waals surface area contributed by atoms with Gasteiger partial charge in [-0.15, -0.1) is 0 Å². The van der Waals surface area contributed by atoms with E-state index in [0.717, 1.165) is 22.6 Å². The van der Waals surface area contributed by atoms with Crippen LogP contribution in [0.5, 0.6) is 11.5 Å². The zero-order valence-electron chi connectivity index (χ0n) is 12.0. The summed E-state index contributed by atoms with van der Waals surface area (Å²) >= 11 is 0. The highest BCUT2D eigenvalue weighted by Gasteiger charge is 2.11. The van der Waals surface area contributed by atoms with Gasteiger partial charge in [0.1, 0.15) is 17.6 Å². The van der Waals surface area contributed by atoms with Gasteiger partial charge in [0.05, 0.1) is 19.6 Å². The lowest BCUT2D eigenvalue weighted by Gasteiger charge is -2.18. The molecule has 1 atom stereocenters.